The van der Waals surface area contributed by atoms with Crippen LogP contribution in [0.15, 0.2) is 18.2 Å². The summed E-state index contributed by atoms with van der Waals surface area (Å²) in [5.41, 5.74) is 1.51. The molecule has 0 saturated heterocycles. The van der Waals surface area contributed by atoms with Gasteiger partial charge in [-0.05, 0) is 37.5 Å². The molecule has 0 unspecified atom stereocenters. The molecule has 0 heterocycles. The average molecular weight is 257 g/mol. The Morgan fingerprint density at radius 2 is 2.11 bits per heavy atom. The molecule has 1 aromatic carbocycles. The number of rotatable bonds is 4. The van der Waals surface area contributed by atoms with E-state index in [2.05, 4.69) is 6.07 Å². The molecule has 1 saturated carbocycles. The van der Waals surface area contributed by atoms with E-state index in [1.54, 1.807) is 12.1 Å². The molecule has 1 aliphatic rings. The summed E-state index contributed by atoms with van der Waals surface area (Å²) in [6.07, 6.45) is 5.55. The second kappa shape index (κ2) is 6.38. The largest absolute Gasteiger partial charge is 0.486 e. The van der Waals surface area contributed by atoms with E-state index in [9.17, 15) is 4.79 Å². The molecule has 0 aromatic heterocycles. The highest BCUT2D eigenvalue weighted by Crippen LogP contribution is 2.25. The normalized spacial score (nSPS) is 15.8. The number of carbonyl (C=O) groups is 1. The lowest BCUT2D eigenvalue weighted by Crippen LogP contribution is -2.23. The summed E-state index contributed by atoms with van der Waals surface area (Å²) in [5, 5.41) is 8.86. The summed E-state index contributed by atoms with van der Waals surface area (Å²) >= 11 is 0. The van der Waals surface area contributed by atoms with E-state index in [0.717, 1.165) is 31.2 Å². The molecule has 0 aliphatic heterocycles. The Hall–Kier alpha value is -1.82. The minimum Gasteiger partial charge on any atom is -0.486 e. The van der Waals surface area contributed by atoms with Crippen molar-refractivity contribution in [2.24, 2.45) is 5.92 Å². The van der Waals surface area contributed by atoms with Crippen LogP contribution in [0.5, 0.6) is 5.75 Å². The van der Waals surface area contributed by atoms with Gasteiger partial charge in [-0.15, -0.1) is 0 Å². The van der Waals surface area contributed by atoms with E-state index >= 15 is 0 Å². The van der Waals surface area contributed by atoms with Gasteiger partial charge in [0, 0.05) is 5.92 Å². The molecule has 0 spiro atoms. The lowest BCUT2D eigenvalue weighted by molar-refractivity contribution is -0.125. The Morgan fingerprint density at radius 1 is 1.37 bits per heavy atom. The molecule has 0 atom stereocenters. The molecule has 0 N–H and O–H groups in total. The van der Waals surface area contributed by atoms with Crippen LogP contribution in [0.2, 0.25) is 0 Å². The number of ether oxygens (including phenoxy) is 1. The van der Waals surface area contributed by atoms with Gasteiger partial charge in [-0.1, -0.05) is 25.3 Å². The predicted molar refractivity (Wildman–Crippen MR) is 73.0 cm³/mol. The number of ketones is 1. The van der Waals surface area contributed by atoms with Crippen LogP contribution in [0.3, 0.4) is 0 Å². The van der Waals surface area contributed by atoms with Crippen LogP contribution in [0.4, 0.5) is 0 Å². The van der Waals surface area contributed by atoms with Gasteiger partial charge in [-0.2, -0.15) is 5.26 Å². The predicted octanol–water partition coefficient (Wildman–Crippen LogP) is 3.39. The third-order valence-corrected chi connectivity index (χ3v) is 3.75. The summed E-state index contributed by atoms with van der Waals surface area (Å²) in [4.78, 5) is 12.0. The molecule has 1 aromatic rings. The monoisotopic (exact) mass is 257 g/mol. The number of aryl methyl sites for hydroxylation is 1. The average Bonchev–Trinajstić information content (AvgIpc) is 2.47. The first kappa shape index (κ1) is 13.6. The molecule has 0 amide bonds. The van der Waals surface area contributed by atoms with E-state index in [-0.39, 0.29) is 18.3 Å². The van der Waals surface area contributed by atoms with Crippen molar-refractivity contribution >= 4 is 5.78 Å². The molecule has 100 valence electrons. The Labute approximate surface area is 114 Å². The Kier molecular flexibility index (Phi) is 4.57. The molecule has 19 heavy (non-hydrogen) atoms. The first-order chi connectivity index (χ1) is 9.20. The van der Waals surface area contributed by atoms with Gasteiger partial charge in [0.05, 0.1) is 11.6 Å². The Bertz CT molecular complexity index is 496. The molecule has 2 rings (SSSR count). The van der Waals surface area contributed by atoms with Crippen LogP contribution in [-0.2, 0) is 4.79 Å². The fraction of sp³-hybridized carbons (Fsp3) is 0.500. The zero-order chi connectivity index (χ0) is 13.7. The molecular weight excluding hydrogens is 238 g/mol. The van der Waals surface area contributed by atoms with E-state index in [4.69, 9.17) is 10.00 Å². The highest BCUT2D eigenvalue weighted by molar-refractivity contribution is 5.82. The van der Waals surface area contributed by atoms with Gasteiger partial charge in [-0.3, -0.25) is 4.79 Å². The van der Waals surface area contributed by atoms with Gasteiger partial charge < -0.3 is 4.74 Å². The van der Waals surface area contributed by atoms with Gasteiger partial charge in [0.25, 0.3) is 0 Å². The SMILES string of the molecule is Cc1ccc(C#N)cc1OCC(=O)C1CCCCC1. The van der Waals surface area contributed by atoms with Crippen LogP contribution in [-0.4, -0.2) is 12.4 Å². The fourth-order valence-corrected chi connectivity index (χ4v) is 2.52. The number of nitrogens with zero attached hydrogens (tertiary/aromatic N) is 1. The summed E-state index contributed by atoms with van der Waals surface area (Å²) in [7, 11) is 0. The molecule has 0 radical (unpaired) electrons. The lowest BCUT2D eigenvalue weighted by atomic mass is 9.86. The second-order valence-electron chi connectivity index (χ2n) is 5.18. The van der Waals surface area contributed by atoms with Crippen molar-refractivity contribution in [3.63, 3.8) is 0 Å². The molecule has 3 nitrogen and oxygen atoms in total. The third kappa shape index (κ3) is 3.57. The van der Waals surface area contributed by atoms with Crippen molar-refractivity contribution in [3.05, 3.63) is 29.3 Å². The smallest absolute Gasteiger partial charge is 0.173 e. The topological polar surface area (TPSA) is 50.1 Å². The second-order valence-corrected chi connectivity index (χ2v) is 5.18. The molecule has 0 bridgehead atoms. The molecule has 1 aliphatic carbocycles. The maximum absolute atomic E-state index is 12.0. The van der Waals surface area contributed by atoms with Crippen LogP contribution in [0.1, 0.15) is 43.2 Å². The summed E-state index contributed by atoms with van der Waals surface area (Å²) < 4.78 is 5.59. The van der Waals surface area contributed by atoms with Gasteiger partial charge in [-0.25, -0.2) is 0 Å². The lowest BCUT2D eigenvalue weighted by Gasteiger charge is -2.20. The minimum atomic E-state index is 0.125. The van der Waals surface area contributed by atoms with Crippen LogP contribution in [0, 0.1) is 24.2 Å². The van der Waals surface area contributed by atoms with Crippen LogP contribution in [0.25, 0.3) is 0 Å². The van der Waals surface area contributed by atoms with Crippen molar-refractivity contribution in [2.45, 2.75) is 39.0 Å². The number of carbonyl (C=O) groups excluding carboxylic acids is 1. The number of benzene rings is 1. The summed E-state index contributed by atoms with van der Waals surface area (Å²) in [5.74, 6) is 1.01. The number of nitriles is 1. The quantitative estimate of drug-likeness (QED) is 0.830. The maximum atomic E-state index is 12.0. The number of Topliss-reactive ketones (excluding diaryl/α,β-unsaturated/α-hetero) is 1. The van der Waals surface area contributed by atoms with Gasteiger partial charge in [0.15, 0.2) is 5.78 Å². The van der Waals surface area contributed by atoms with Gasteiger partial charge >= 0.3 is 0 Å². The molecule has 3 heteroatoms. The van der Waals surface area contributed by atoms with Gasteiger partial charge in [0.2, 0.25) is 0 Å². The first-order valence-electron chi connectivity index (χ1n) is 6.87. The number of hydrogen-bond acceptors (Lipinski definition) is 3. The van der Waals surface area contributed by atoms with E-state index < -0.39 is 0 Å². The van der Waals surface area contributed by atoms with Crippen molar-refractivity contribution in [2.75, 3.05) is 6.61 Å². The van der Waals surface area contributed by atoms with E-state index in [1.165, 1.54) is 6.42 Å². The highest BCUT2D eigenvalue weighted by atomic mass is 16.5. The van der Waals surface area contributed by atoms with Crippen molar-refractivity contribution < 1.29 is 9.53 Å². The zero-order valence-electron chi connectivity index (χ0n) is 11.3. The summed E-state index contributed by atoms with van der Waals surface area (Å²) in [6, 6.07) is 7.38. The third-order valence-electron chi connectivity index (χ3n) is 3.75. The first-order valence-corrected chi connectivity index (χ1v) is 6.87. The van der Waals surface area contributed by atoms with Gasteiger partial charge in [0.1, 0.15) is 12.4 Å². The van der Waals surface area contributed by atoms with Crippen molar-refractivity contribution in [1.82, 2.24) is 0 Å². The fourth-order valence-electron chi connectivity index (χ4n) is 2.52. The van der Waals surface area contributed by atoms with Crippen molar-refractivity contribution in [1.29, 1.82) is 5.26 Å². The van der Waals surface area contributed by atoms with Crippen molar-refractivity contribution in [3.8, 4) is 11.8 Å². The highest BCUT2D eigenvalue weighted by Gasteiger charge is 2.21. The zero-order valence-corrected chi connectivity index (χ0v) is 11.3. The maximum Gasteiger partial charge on any atom is 0.173 e. The Balaban J connectivity index is 1.94. The standard InChI is InChI=1S/C16H19NO2/c1-12-7-8-13(10-17)9-16(12)19-11-15(18)14-5-3-2-4-6-14/h7-9,14H,2-6,11H2,1H3. The minimum absolute atomic E-state index is 0.125. The Morgan fingerprint density at radius 3 is 2.79 bits per heavy atom. The molecular formula is C16H19NO2. The number of hydrogen-bond donors (Lipinski definition) is 0. The van der Waals surface area contributed by atoms with E-state index in [1.807, 2.05) is 13.0 Å². The van der Waals surface area contributed by atoms with Crippen LogP contribution >= 0.6 is 0 Å². The van der Waals surface area contributed by atoms with E-state index in [0.29, 0.717) is 11.3 Å². The van der Waals surface area contributed by atoms with Crippen LogP contribution < -0.4 is 4.74 Å². The summed E-state index contributed by atoms with van der Waals surface area (Å²) in [6.45, 7) is 2.04. The molecule has 1 fully saturated rings.